The fraction of sp³-hybridized carbons (Fsp3) is 0. The Bertz CT molecular complexity index is 669. The number of benzene rings is 2. The number of phenolic OH excluding ortho intramolecular Hbond substituents is 1. The Balaban J connectivity index is 2.07. The zero-order chi connectivity index (χ0) is 14.5. The van der Waals surface area contributed by atoms with E-state index in [0.717, 1.165) is 10.0 Å². The summed E-state index contributed by atoms with van der Waals surface area (Å²) in [6, 6.07) is 12.0. The Labute approximate surface area is 125 Å². The van der Waals surface area contributed by atoms with Crippen LogP contribution in [0.5, 0.6) is 5.75 Å². The zero-order valence-electron chi connectivity index (χ0n) is 10.5. The summed E-state index contributed by atoms with van der Waals surface area (Å²) in [6.07, 6.45) is 3.04. The molecule has 1 amide bonds. The Hall–Kier alpha value is -2.27. The molecule has 0 radical (unpaired) electrons. The lowest BCUT2D eigenvalue weighted by molar-refractivity contribution is -0.111. The predicted octanol–water partition coefficient (Wildman–Crippen LogP) is 3.39. The molecule has 0 heterocycles. The van der Waals surface area contributed by atoms with Crippen molar-refractivity contribution in [3.63, 3.8) is 0 Å². The molecule has 0 bridgehead atoms. The summed E-state index contributed by atoms with van der Waals surface area (Å²) in [5.41, 5.74) is 7.47. The van der Waals surface area contributed by atoms with E-state index >= 15 is 0 Å². The van der Waals surface area contributed by atoms with Crippen LogP contribution in [-0.4, -0.2) is 11.0 Å². The maximum Gasteiger partial charge on any atom is 0.248 e. The van der Waals surface area contributed by atoms with Gasteiger partial charge in [-0.15, -0.1) is 0 Å². The van der Waals surface area contributed by atoms with E-state index in [4.69, 9.17) is 5.73 Å². The van der Waals surface area contributed by atoms with Gasteiger partial charge in [0.1, 0.15) is 5.75 Å². The van der Waals surface area contributed by atoms with Gasteiger partial charge in [-0.1, -0.05) is 28.1 Å². The fourth-order valence-electron chi connectivity index (χ4n) is 1.62. The minimum atomic E-state index is -0.333. The van der Waals surface area contributed by atoms with E-state index in [2.05, 4.69) is 21.2 Å². The highest BCUT2D eigenvalue weighted by Gasteiger charge is 2.04. The summed E-state index contributed by atoms with van der Waals surface area (Å²) >= 11 is 3.28. The smallest absolute Gasteiger partial charge is 0.248 e. The first-order chi connectivity index (χ1) is 9.54. The van der Waals surface area contributed by atoms with Crippen LogP contribution in [0.1, 0.15) is 5.56 Å². The normalized spacial score (nSPS) is 10.7. The first-order valence-corrected chi connectivity index (χ1v) is 6.67. The zero-order valence-corrected chi connectivity index (χ0v) is 12.1. The number of amides is 1. The molecule has 4 N–H and O–H groups in total. The van der Waals surface area contributed by atoms with Crippen molar-refractivity contribution in [2.24, 2.45) is 0 Å². The van der Waals surface area contributed by atoms with Crippen molar-refractivity contribution >= 4 is 39.3 Å². The van der Waals surface area contributed by atoms with Crippen molar-refractivity contribution in [1.82, 2.24) is 0 Å². The van der Waals surface area contributed by atoms with Crippen LogP contribution in [0, 0.1) is 0 Å². The first kappa shape index (κ1) is 14.1. The van der Waals surface area contributed by atoms with Crippen LogP contribution in [0.4, 0.5) is 11.4 Å². The molecule has 0 fully saturated rings. The highest BCUT2D eigenvalue weighted by Crippen LogP contribution is 2.26. The predicted molar refractivity (Wildman–Crippen MR) is 84.3 cm³/mol. The molecule has 102 valence electrons. The molecule has 0 aliphatic rings. The van der Waals surface area contributed by atoms with E-state index in [-0.39, 0.29) is 11.7 Å². The molecule has 0 aliphatic carbocycles. The number of nitrogen functional groups attached to an aromatic ring is 1. The molecule has 4 nitrogen and oxygen atoms in total. The Kier molecular flexibility index (Phi) is 4.42. The number of rotatable bonds is 3. The summed E-state index contributed by atoms with van der Waals surface area (Å²) < 4.78 is 0.769. The number of halogens is 1. The molecule has 0 atom stereocenters. The number of nitrogens with one attached hydrogen (secondary N) is 1. The van der Waals surface area contributed by atoms with Gasteiger partial charge >= 0.3 is 0 Å². The lowest BCUT2D eigenvalue weighted by atomic mass is 10.2. The van der Waals surface area contributed by atoms with Crippen molar-refractivity contribution in [3.05, 3.63) is 58.6 Å². The highest BCUT2D eigenvalue weighted by atomic mass is 79.9. The summed E-state index contributed by atoms with van der Waals surface area (Å²) in [6.45, 7) is 0. The maximum absolute atomic E-state index is 11.8. The van der Waals surface area contributed by atoms with Crippen molar-refractivity contribution in [2.45, 2.75) is 0 Å². The third kappa shape index (κ3) is 3.86. The topological polar surface area (TPSA) is 75.4 Å². The SMILES string of the molecule is Nc1cccc(/C=C/C(=O)Nc2cc(Br)ccc2O)c1. The van der Waals surface area contributed by atoms with Crippen LogP contribution in [0.15, 0.2) is 53.0 Å². The average Bonchev–Trinajstić information content (AvgIpc) is 2.41. The summed E-state index contributed by atoms with van der Waals surface area (Å²) in [4.78, 5) is 11.8. The third-order valence-electron chi connectivity index (χ3n) is 2.55. The number of anilines is 2. The van der Waals surface area contributed by atoms with Crippen LogP contribution in [0.2, 0.25) is 0 Å². The number of nitrogens with two attached hydrogens (primary N) is 1. The molecule has 0 aromatic heterocycles. The second kappa shape index (κ2) is 6.25. The molecule has 0 spiro atoms. The molecule has 0 aliphatic heterocycles. The van der Waals surface area contributed by atoms with Crippen LogP contribution in [-0.2, 0) is 4.79 Å². The number of aromatic hydroxyl groups is 1. The number of hydrogen-bond acceptors (Lipinski definition) is 3. The maximum atomic E-state index is 11.8. The second-order valence-corrected chi connectivity index (χ2v) is 5.07. The van der Waals surface area contributed by atoms with Crippen LogP contribution < -0.4 is 11.1 Å². The van der Waals surface area contributed by atoms with Gasteiger partial charge in [-0.3, -0.25) is 4.79 Å². The van der Waals surface area contributed by atoms with Gasteiger partial charge in [0.2, 0.25) is 5.91 Å². The van der Waals surface area contributed by atoms with E-state index in [0.29, 0.717) is 11.4 Å². The summed E-state index contributed by atoms with van der Waals surface area (Å²) in [5, 5.41) is 12.2. The summed E-state index contributed by atoms with van der Waals surface area (Å²) in [5.74, 6) is -0.320. The molecule has 0 unspecified atom stereocenters. The van der Waals surface area contributed by atoms with Crippen molar-refractivity contribution in [3.8, 4) is 5.75 Å². The van der Waals surface area contributed by atoms with Crippen molar-refractivity contribution < 1.29 is 9.90 Å². The van der Waals surface area contributed by atoms with Gasteiger partial charge in [-0.2, -0.15) is 0 Å². The minimum absolute atomic E-state index is 0.0129. The molecule has 20 heavy (non-hydrogen) atoms. The Morgan fingerprint density at radius 2 is 2.05 bits per heavy atom. The molecule has 0 saturated heterocycles. The molecule has 2 rings (SSSR count). The lowest BCUT2D eigenvalue weighted by Crippen LogP contribution is -2.07. The van der Waals surface area contributed by atoms with E-state index in [1.807, 2.05) is 12.1 Å². The van der Waals surface area contributed by atoms with E-state index in [9.17, 15) is 9.90 Å². The van der Waals surface area contributed by atoms with Gasteiger partial charge in [-0.05, 0) is 42.0 Å². The lowest BCUT2D eigenvalue weighted by Gasteiger charge is -2.05. The minimum Gasteiger partial charge on any atom is -0.506 e. The monoisotopic (exact) mass is 332 g/mol. The molecule has 2 aromatic carbocycles. The summed E-state index contributed by atoms with van der Waals surface area (Å²) in [7, 11) is 0. The van der Waals surface area contributed by atoms with Gasteiger partial charge in [0.15, 0.2) is 0 Å². The van der Waals surface area contributed by atoms with Crippen molar-refractivity contribution in [2.75, 3.05) is 11.1 Å². The first-order valence-electron chi connectivity index (χ1n) is 5.88. The Morgan fingerprint density at radius 3 is 2.80 bits per heavy atom. The van der Waals surface area contributed by atoms with Crippen LogP contribution >= 0.6 is 15.9 Å². The van der Waals surface area contributed by atoms with E-state index in [1.165, 1.54) is 12.1 Å². The third-order valence-corrected chi connectivity index (χ3v) is 3.05. The number of carbonyl (C=O) groups is 1. The standard InChI is InChI=1S/C15H13BrN2O2/c16-11-5-6-14(19)13(9-11)18-15(20)7-4-10-2-1-3-12(17)8-10/h1-9,19H,17H2,(H,18,20)/b7-4+. The number of carbonyl (C=O) groups excluding carboxylic acids is 1. The van der Waals surface area contributed by atoms with Gasteiger partial charge in [0, 0.05) is 16.2 Å². The second-order valence-electron chi connectivity index (χ2n) is 4.15. The van der Waals surface area contributed by atoms with Gasteiger partial charge in [0.25, 0.3) is 0 Å². The van der Waals surface area contributed by atoms with Gasteiger partial charge in [-0.25, -0.2) is 0 Å². The molecular formula is C15H13BrN2O2. The molecule has 0 saturated carbocycles. The van der Waals surface area contributed by atoms with Crippen LogP contribution in [0.3, 0.4) is 0 Å². The van der Waals surface area contributed by atoms with Crippen LogP contribution in [0.25, 0.3) is 6.08 Å². The van der Waals surface area contributed by atoms with Gasteiger partial charge in [0.05, 0.1) is 5.69 Å². The largest absolute Gasteiger partial charge is 0.506 e. The molecular weight excluding hydrogens is 320 g/mol. The average molecular weight is 333 g/mol. The van der Waals surface area contributed by atoms with E-state index in [1.54, 1.807) is 30.3 Å². The highest BCUT2D eigenvalue weighted by molar-refractivity contribution is 9.10. The molecule has 2 aromatic rings. The van der Waals surface area contributed by atoms with E-state index < -0.39 is 0 Å². The fourth-order valence-corrected chi connectivity index (χ4v) is 1.98. The Morgan fingerprint density at radius 1 is 1.25 bits per heavy atom. The molecule has 5 heteroatoms. The van der Waals surface area contributed by atoms with Crippen molar-refractivity contribution in [1.29, 1.82) is 0 Å². The number of phenols is 1. The van der Waals surface area contributed by atoms with Gasteiger partial charge < -0.3 is 16.2 Å². The number of hydrogen-bond donors (Lipinski definition) is 3. The quantitative estimate of drug-likeness (QED) is 0.458.